The van der Waals surface area contributed by atoms with Crippen molar-refractivity contribution in [3.8, 4) is 0 Å². The predicted molar refractivity (Wildman–Crippen MR) is 76.3 cm³/mol. The Morgan fingerprint density at radius 3 is 2.27 bits per heavy atom. The molecule has 0 heterocycles. The van der Waals surface area contributed by atoms with Gasteiger partial charge in [0.1, 0.15) is 18.3 Å². The van der Waals surface area contributed by atoms with E-state index in [1.807, 2.05) is 0 Å². The summed E-state index contributed by atoms with van der Waals surface area (Å²) in [5.41, 5.74) is 2.40. The van der Waals surface area contributed by atoms with Crippen LogP contribution in [0.4, 0.5) is 11.4 Å². The van der Waals surface area contributed by atoms with Gasteiger partial charge in [-0.1, -0.05) is 0 Å². The molecule has 122 valence electrons. The van der Waals surface area contributed by atoms with Crippen molar-refractivity contribution >= 4 is 17.1 Å². The lowest BCUT2D eigenvalue weighted by Crippen LogP contribution is -2.45. The number of hydrogen-bond acceptors (Lipinski definition) is 9. The highest BCUT2D eigenvalue weighted by atomic mass is 16.6. The van der Waals surface area contributed by atoms with E-state index in [-0.39, 0.29) is 11.4 Å². The zero-order valence-corrected chi connectivity index (χ0v) is 11.4. The van der Waals surface area contributed by atoms with Gasteiger partial charge in [-0.05, 0) is 12.1 Å². The fourth-order valence-corrected chi connectivity index (χ4v) is 1.50. The molecule has 1 aromatic carbocycles. The fourth-order valence-electron chi connectivity index (χ4n) is 1.50. The minimum Gasteiger partial charge on any atom is -0.394 e. The number of nitro groups is 1. The van der Waals surface area contributed by atoms with Gasteiger partial charge < -0.3 is 25.5 Å². The van der Waals surface area contributed by atoms with Gasteiger partial charge in [-0.2, -0.15) is 5.10 Å². The maximum Gasteiger partial charge on any atom is 0.269 e. The summed E-state index contributed by atoms with van der Waals surface area (Å²) < 4.78 is 0. The molecule has 0 radical (unpaired) electrons. The summed E-state index contributed by atoms with van der Waals surface area (Å²) in [7, 11) is 0. The summed E-state index contributed by atoms with van der Waals surface area (Å²) in [5, 5.41) is 60.5. The van der Waals surface area contributed by atoms with Crippen LogP contribution in [0.25, 0.3) is 0 Å². The van der Waals surface area contributed by atoms with Crippen LogP contribution in [0.2, 0.25) is 0 Å². The molecule has 10 nitrogen and oxygen atoms in total. The molecule has 1 aromatic rings. The van der Waals surface area contributed by atoms with Crippen molar-refractivity contribution in [1.29, 1.82) is 0 Å². The lowest BCUT2D eigenvalue weighted by atomic mass is 10.0. The van der Waals surface area contributed by atoms with Gasteiger partial charge in [0, 0.05) is 12.1 Å². The molecule has 0 aliphatic heterocycles. The largest absolute Gasteiger partial charge is 0.394 e. The second kappa shape index (κ2) is 8.36. The highest BCUT2D eigenvalue weighted by Gasteiger charge is 2.28. The van der Waals surface area contributed by atoms with Crippen molar-refractivity contribution in [2.45, 2.75) is 18.3 Å². The Bertz CT molecular complexity index is 520. The number of non-ortho nitro benzene ring substituents is 1. The van der Waals surface area contributed by atoms with Crippen molar-refractivity contribution in [3.05, 3.63) is 34.4 Å². The van der Waals surface area contributed by atoms with Crippen LogP contribution in [0, 0.1) is 10.1 Å². The lowest BCUT2D eigenvalue weighted by Gasteiger charge is -2.22. The van der Waals surface area contributed by atoms with Gasteiger partial charge in [-0.15, -0.1) is 0 Å². The first-order valence-corrected chi connectivity index (χ1v) is 6.23. The average molecular weight is 315 g/mol. The molecule has 0 aliphatic carbocycles. The summed E-state index contributed by atoms with van der Waals surface area (Å²) in [6.45, 7) is -1.48. The molecule has 6 N–H and O–H groups in total. The van der Waals surface area contributed by atoms with E-state index in [1.165, 1.54) is 24.3 Å². The van der Waals surface area contributed by atoms with Crippen molar-refractivity contribution in [2.75, 3.05) is 18.6 Å². The van der Waals surface area contributed by atoms with E-state index in [9.17, 15) is 25.4 Å². The first-order chi connectivity index (χ1) is 10.4. The minimum atomic E-state index is -1.73. The van der Waals surface area contributed by atoms with Crippen LogP contribution in [0.15, 0.2) is 29.4 Å². The van der Waals surface area contributed by atoms with Crippen molar-refractivity contribution < 1.29 is 30.5 Å². The second-order valence-corrected chi connectivity index (χ2v) is 4.36. The van der Waals surface area contributed by atoms with Crippen LogP contribution in [0.1, 0.15) is 0 Å². The number of hydrazone groups is 1. The third-order valence-corrected chi connectivity index (χ3v) is 2.81. The number of nitrogens with zero attached hydrogens (tertiary/aromatic N) is 2. The molecular formula is C12H17N3O7. The molecule has 0 spiro atoms. The predicted octanol–water partition coefficient (Wildman–Crippen LogP) is -1.57. The van der Waals surface area contributed by atoms with E-state index in [1.54, 1.807) is 0 Å². The molecule has 0 unspecified atom stereocenters. The number of hydrogen-bond donors (Lipinski definition) is 6. The maximum absolute atomic E-state index is 10.5. The third kappa shape index (κ3) is 4.72. The molecule has 10 heteroatoms. The Morgan fingerprint density at radius 1 is 1.23 bits per heavy atom. The van der Waals surface area contributed by atoms with Gasteiger partial charge in [-0.3, -0.25) is 15.5 Å². The molecule has 0 saturated carbocycles. The summed E-state index contributed by atoms with van der Waals surface area (Å²) in [5.74, 6) is 0. The SMILES string of the molecule is O=[N+]([O-])c1ccc(N/N=C(\CO)[C@@H](O)[C@H](O)[C@H](O)CO)cc1. The van der Waals surface area contributed by atoms with E-state index in [2.05, 4.69) is 10.5 Å². The Balaban J connectivity index is 2.78. The van der Waals surface area contributed by atoms with Gasteiger partial charge in [0.25, 0.3) is 5.69 Å². The maximum atomic E-state index is 10.5. The minimum absolute atomic E-state index is 0.113. The van der Waals surface area contributed by atoms with E-state index in [4.69, 9.17) is 10.2 Å². The number of anilines is 1. The fraction of sp³-hybridized carbons (Fsp3) is 0.417. The monoisotopic (exact) mass is 315 g/mol. The highest BCUT2D eigenvalue weighted by molar-refractivity contribution is 5.90. The first-order valence-electron chi connectivity index (χ1n) is 6.23. The van der Waals surface area contributed by atoms with E-state index < -0.39 is 36.4 Å². The molecule has 0 fully saturated rings. The normalized spacial score (nSPS) is 16.0. The van der Waals surface area contributed by atoms with Crippen LogP contribution in [-0.4, -0.2) is 67.7 Å². The lowest BCUT2D eigenvalue weighted by molar-refractivity contribution is -0.384. The van der Waals surface area contributed by atoms with Gasteiger partial charge >= 0.3 is 0 Å². The quantitative estimate of drug-likeness (QED) is 0.190. The van der Waals surface area contributed by atoms with Gasteiger partial charge in [0.15, 0.2) is 0 Å². The molecule has 0 aromatic heterocycles. The average Bonchev–Trinajstić information content (AvgIpc) is 2.54. The molecule has 0 aliphatic rings. The zero-order valence-electron chi connectivity index (χ0n) is 11.4. The van der Waals surface area contributed by atoms with Gasteiger partial charge in [0.05, 0.1) is 29.5 Å². The standard InChI is InChI=1S/C12H17N3O7/c16-5-9(11(19)12(20)10(18)6-17)14-13-7-1-3-8(4-2-7)15(21)22/h1-4,10-13,16-20H,5-6H2/b14-9+/t10-,11-,12-/m1/s1. The molecule has 0 bridgehead atoms. The van der Waals surface area contributed by atoms with Crippen molar-refractivity contribution in [3.63, 3.8) is 0 Å². The van der Waals surface area contributed by atoms with Gasteiger partial charge in [-0.25, -0.2) is 0 Å². The Kier molecular flexibility index (Phi) is 6.82. The number of nitrogens with one attached hydrogen (secondary N) is 1. The summed E-state index contributed by atoms with van der Waals surface area (Å²) in [6, 6.07) is 5.19. The highest BCUT2D eigenvalue weighted by Crippen LogP contribution is 2.15. The summed E-state index contributed by atoms with van der Waals surface area (Å²) in [6.07, 6.45) is -5.02. The molecule has 3 atom stereocenters. The van der Waals surface area contributed by atoms with Crippen LogP contribution >= 0.6 is 0 Å². The Hall–Kier alpha value is -2.11. The van der Waals surface area contributed by atoms with Crippen LogP contribution in [-0.2, 0) is 0 Å². The summed E-state index contributed by atoms with van der Waals surface area (Å²) in [4.78, 5) is 9.93. The van der Waals surface area contributed by atoms with E-state index >= 15 is 0 Å². The first kappa shape index (κ1) is 17.9. The smallest absolute Gasteiger partial charge is 0.269 e. The second-order valence-electron chi connectivity index (χ2n) is 4.36. The molecule has 1 rings (SSSR count). The number of nitro benzene ring substituents is 1. The van der Waals surface area contributed by atoms with Crippen LogP contribution < -0.4 is 5.43 Å². The van der Waals surface area contributed by atoms with Gasteiger partial charge in [0.2, 0.25) is 0 Å². The van der Waals surface area contributed by atoms with Crippen LogP contribution in [0.5, 0.6) is 0 Å². The summed E-state index contributed by atoms with van der Waals surface area (Å²) >= 11 is 0. The topological polar surface area (TPSA) is 169 Å². The van der Waals surface area contributed by atoms with Crippen LogP contribution in [0.3, 0.4) is 0 Å². The molecule has 22 heavy (non-hydrogen) atoms. The van der Waals surface area contributed by atoms with E-state index in [0.717, 1.165) is 0 Å². The molecule has 0 saturated heterocycles. The van der Waals surface area contributed by atoms with E-state index in [0.29, 0.717) is 5.69 Å². The molecule has 0 amide bonds. The Morgan fingerprint density at radius 2 is 1.82 bits per heavy atom. The zero-order chi connectivity index (χ0) is 16.7. The number of aliphatic hydroxyl groups is 5. The number of benzene rings is 1. The molecular weight excluding hydrogens is 298 g/mol. The Labute approximate surface area is 125 Å². The van der Waals surface area contributed by atoms with Crippen molar-refractivity contribution in [2.24, 2.45) is 5.10 Å². The number of rotatable bonds is 8. The number of aliphatic hydroxyl groups excluding tert-OH is 5. The third-order valence-electron chi connectivity index (χ3n) is 2.81. The van der Waals surface area contributed by atoms with Crippen molar-refractivity contribution in [1.82, 2.24) is 0 Å².